The third-order valence-electron chi connectivity index (χ3n) is 9.62. The van der Waals surface area contributed by atoms with Crippen LogP contribution in [0.1, 0.15) is 25.0 Å². The second kappa shape index (κ2) is 9.70. The highest BCUT2D eigenvalue weighted by Gasteiger charge is 2.39. The third kappa shape index (κ3) is 3.76. The predicted octanol–water partition coefficient (Wildman–Crippen LogP) is 12.2. The van der Waals surface area contributed by atoms with Crippen molar-refractivity contribution in [2.24, 2.45) is 0 Å². The van der Waals surface area contributed by atoms with E-state index in [1.54, 1.807) is 0 Å². The van der Waals surface area contributed by atoms with E-state index in [1.807, 2.05) is 0 Å². The summed E-state index contributed by atoms with van der Waals surface area (Å²) < 4.78 is 7.16. The van der Waals surface area contributed by atoms with Crippen molar-refractivity contribution in [1.82, 2.24) is 0 Å². The molecular formula is C43H31NO. The number of fused-ring (bicyclic) bond motifs is 10. The normalized spacial score (nSPS) is 13.3. The van der Waals surface area contributed by atoms with Crippen molar-refractivity contribution in [3.8, 4) is 22.3 Å². The Morgan fingerprint density at radius 3 is 1.87 bits per heavy atom. The monoisotopic (exact) mass is 577 g/mol. The Hall–Kier alpha value is -5.60. The van der Waals surface area contributed by atoms with Gasteiger partial charge in [-0.2, -0.15) is 0 Å². The van der Waals surface area contributed by atoms with Crippen LogP contribution in [0.25, 0.3) is 55.0 Å². The minimum absolute atomic E-state index is 0.141. The molecule has 0 saturated carbocycles. The highest BCUT2D eigenvalue weighted by molar-refractivity contribution is 6.26. The Balaban J connectivity index is 1.34. The lowest BCUT2D eigenvalue weighted by Gasteiger charge is -2.25. The number of furan rings is 1. The van der Waals surface area contributed by atoms with Crippen LogP contribution in [0.2, 0.25) is 0 Å². The van der Waals surface area contributed by atoms with Crippen LogP contribution in [0.3, 0.4) is 0 Å². The van der Waals surface area contributed by atoms with Gasteiger partial charge in [-0.25, -0.2) is 0 Å². The van der Waals surface area contributed by atoms with Crippen LogP contribution in [0, 0.1) is 0 Å². The van der Waals surface area contributed by atoms with Crippen LogP contribution in [-0.2, 0) is 5.41 Å². The van der Waals surface area contributed by atoms with Crippen molar-refractivity contribution in [1.29, 1.82) is 0 Å². The Labute approximate surface area is 262 Å². The number of rotatable bonds is 4. The number of nitrogens with zero attached hydrogens (tertiary/aromatic N) is 1. The van der Waals surface area contributed by atoms with Crippen molar-refractivity contribution >= 4 is 49.8 Å². The van der Waals surface area contributed by atoms with Gasteiger partial charge in [-0.1, -0.05) is 135 Å². The second-order valence-corrected chi connectivity index (χ2v) is 12.5. The summed E-state index contributed by atoms with van der Waals surface area (Å²) in [4.78, 5) is 2.32. The quantitative estimate of drug-likeness (QED) is 0.207. The fraction of sp³-hybridized carbons (Fsp3) is 0.0698. The van der Waals surface area contributed by atoms with Crippen molar-refractivity contribution in [3.05, 3.63) is 163 Å². The molecule has 0 atom stereocenters. The van der Waals surface area contributed by atoms with Gasteiger partial charge in [0, 0.05) is 33.1 Å². The summed E-state index contributed by atoms with van der Waals surface area (Å²) >= 11 is 0. The maximum atomic E-state index is 7.16. The van der Waals surface area contributed by atoms with Crippen molar-refractivity contribution in [2.45, 2.75) is 19.3 Å². The summed E-state index contributed by atoms with van der Waals surface area (Å²) in [6.07, 6.45) is 0. The largest absolute Gasteiger partial charge is 0.453 e. The molecule has 0 fully saturated rings. The van der Waals surface area contributed by atoms with Gasteiger partial charge >= 0.3 is 0 Å². The minimum atomic E-state index is -0.141. The van der Waals surface area contributed by atoms with Crippen LogP contribution in [0.4, 0.5) is 17.1 Å². The van der Waals surface area contributed by atoms with Crippen molar-refractivity contribution in [2.75, 3.05) is 4.90 Å². The highest BCUT2D eigenvalue weighted by atomic mass is 16.3. The average molecular weight is 578 g/mol. The van der Waals surface area contributed by atoms with Gasteiger partial charge in [-0.05, 0) is 68.9 Å². The number of anilines is 3. The molecule has 214 valence electrons. The molecule has 1 aromatic heterocycles. The minimum Gasteiger partial charge on any atom is -0.453 e. The van der Waals surface area contributed by atoms with Gasteiger partial charge < -0.3 is 9.32 Å². The molecule has 0 radical (unpaired) electrons. The van der Waals surface area contributed by atoms with E-state index >= 15 is 0 Å². The number of benzene rings is 7. The zero-order valence-corrected chi connectivity index (χ0v) is 25.3. The van der Waals surface area contributed by atoms with E-state index in [2.05, 4.69) is 170 Å². The maximum Gasteiger partial charge on any atom is 0.159 e. The molecule has 2 nitrogen and oxygen atoms in total. The number of para-hydroxylation sites is 2. The summed E-state index contributed by atoms with van der Waals surface area (Å²) in [5, 5.41) is 4.85. The van der Waals surface area contributed by atoms with E-state index in [4.69, 9.17) is 4.42 Å². The molecule has 0 unspecified atom stereocenters. The Morgan fingerprint density at radius 2 is 1.09 bits per heavy atom. The van der Waals surface area contributed by atoms with E-state index in [-0.39, 0.29) is 5.41 Å². The molecule has 9 rings (SSSR count). The molecule has 1 aliphatic carbocycles. The molecule has 1 heterocycles. The molecule has 1 aliphatic rings. The van der Waals surface area contributed by atoms with Gasteiger partial charge in [0.25, 0.3) is 0 Å². The average Bonchev–Trinajstić information content (AvgIpc) is 3.60. The Kier molecular flexibility index (Phi) is 5.58. The van der Waals surface area contributed by atoms with Gasteiger partial charge in [-0.3, -0.25) is 0 Å². The van der Waals surface area contributed by atoms with Crippen LogP contribution in [0.5, 0.6) is 0 Å². The zero-order valence-electron chi connectivity index (χ0n) is 25.3. The highest BCUT2D eigenvalue weighted by Crippen LogP contribution is 2.56. The fourth-order valence-corrected chi connectivity index (χ4v) is 7.62. The maximum absolute atomic E-state index is 7.16. The van der Waals surface area contributed by atoms with Crippen LogP contribution in [-0.4, -0.2) is 0 Å². The van der Waals surface area contributed by atoms with E-state index in [0.29, 0.717) is 0 Å². The topological polar surface area (TPSA) is 16.4 Å². The van der Waals surface area contributed by atoms with Gasteiger partial charge in [0.15, 0.2) is 5.58 Å². The SMILES string of the molecule is CC1(C)c2ccccc2-c2c1c1ccccc1c1c2oc2c(N(c3ccccc3)c3ccc(-c4ccccc4)cc3)cccc21. The third-order valence-corrected chi connectivity index (χ3v) is 9.62. The molecule has 0 amide bonds. The lowest BCUT2D eigenvalue weighted by molar-refractivity contribution is 0.658. The summed E-state index contributed by atoms with van der Waals surface area (Å²) in [5.41, 5.74) is 12.5. The zero-order chi connectivity index (χ0) is 30.1. The molecule has 0 spiro atoms. The number of hydrogen-bond acceptors (Lipinski definition) is 2. The van der Waals surface area contributed by atoms with Crippen LogP contribution >= 0.6 is 0 Å². The van der Waals surface area contributed by atoms with Crippen molar-refractivity contribution in [3.63, 3.8) is 0 Å². The molecule has 8 aromatic rings. The standard InChI is InChI=1S/C43H31NO/c1-43(2)36-22-12-11-20-34(36)39-40(43)33-19-10-9-18-32(33)38-35-21-13-23-37(41(35)45-42(38)39)44(30-16-7-4-8-17-30)31-26-24-29(25-27-31)28-14-5-3-6-15-28/h3-27H,1-2H3. The second-order valence-electron chi connectivity index (χ2n) is 12.5. The Morgan fingerprint density at radius 1 is 0.489 bits per heavy atom. The first-order chi connectivity index (χ1) is 22.1. The first kappa shape index (κ1) is 25.9. The molecule has 0 saturated heterocycles. The molecule has 0 aliphatic heterocycles. The van der Waals surface area contributed by atoms with Gasteiger partial charge in [0.05, 0.1) is 5.69 Å². The van der Waals surface area contributed by atoms with Crippen LogP contribution in [0.15, 0.2) is 156 Å². The van der Waals surface area contributed by atoms with Crippen LogP contribution < -0.4 is 4.90 Å². The lowest BCUT2D eigenvalue weighted by Crippen LogP contribution is -2.15. The molecule has 45 heavy (non-hydrogen) atoms. The molecule has 7 aromatic carbocycles. The van der Waals surface area contributed by atoms with E-state index in [0.717, 1.165) is 33.6 Å². The van der Waals surface area contributed by atoms with E-state index < -0.39 is 0 Å². The summed E-state index contributed by atoms with van der Waals surface area (Å²) in [6.45, 7) is 4.69. The first-order valence-electron chi connectivity index (χ1n) is 15.6. The fourth-order valence-electron chi connectivity index (χ4n) is 7.62. The summed E-state index contributed by atoms with van der Waals surface area (Å²) in [6, 6.07) is 54.2. The van der Waals surface area contributed by atoms with E-state index in [1.165, 1.54) is 49.5 Å². The Bertz CT molecular complexity index is 2380. The van der Waals surface area contributed by atoms with E-state index in [9.17, 15) is 0 Å². The first-order valence-corrected chi connectivity index (χ1v) is 15.6. The molecule has 2 heteroatoms. The summed E-state index contributed by atoms with van der Waals surface area (Å²) in [5.74, 6) is 0. The predicted molar refractivity (Wildman–Crippen MR) is 189 cm³/mol. The summed E-state index contributed by atoms with van der Waals surface area (Å²) in [7, 11) is 0. The molecule has 0 bridgehead atoms. The molecule has 0 N–H and O–H groups in total. The van der Waals surface area contributed by atoms with Gasteiger partial charge in [-0.15, -0.1) is 0 Å². The van der Waals surface area contributed by atoms with Crippen molar-refractivity contribution < 1.29 is 4.42 Å². The molecular weight excluding hydrogens is 546 g/mol. The number of hydrogen-bond donors (Lipinski definition) is 0. The van der Waals surface area contributed by atoms with Gasteiger partial charge in [0.1, 0.15) is 5.58 Å². The van der Waals surface area contributed by atoms with Gasteiger partial charge in [0.2, 0.25) is 0 Å². The lowest BCUT2D eigenvalue weighted by atomic mass is 9.79. The smallest absolute Gasteiger partial charge is 0.159 e.